The Labute approximate surface area is 196 Å². The number of nitrogens with zero attached hydrogens (tertiary/aromatic N) is 1. The van der Waals surface area contributed by atoms with Crippen molar-refractivity contribution in [2.75, 3.05) is 36.8 Å². The van der Waals surface area contributed by atoms with Gasteiger partial charge < -0.3 is 16.0 Å². The van der Waals surface area contributed by atoms with Crippen LogP contribution >= 0.6 is 0 Å². The SMILES string of the molecule is CCN(CC)S(=O)(=O)c1cc(NCC(=O)Nc2ccccc2C(=O)NCC(C)C)ccc1C. The van der Waals surface area contributed by atoms with E-state index in [9.17, 15) is 18.0 Å². The summed E-state index contributed by atoms with van der Waals surface area (Å²) < 4.78 is 27.2. The molecule has 0 fully saturated rings. The van der Waals surface area contributed by atoms with Gasteiger partial charge in [-0.05, 0) is 42.7 Å². The fraction of sp³-hybridized carbons (Fsp3) is 0.417. The molecule has 2 aromatic rings. The summed E-state index contributed by atoms with van der Waals surface area (Å²) in [5, 5.41) is 8.57. The van der Waals surface area contributed by atoms with Gasteiger partial charge in [-0.2, -0.15) is 4.31 Å². The number of aryl methyl sites for hydroxylation is 1. The number of anilines is 2. The van der Waals surface area contributed by atoms with Gasteiger partial charge in [-0.3, -0.25) is 9.59 Å². The standard InChI is InChI=1S/C24H34N4O4S/c1-6-28(7-2)33(31,32)22-14-19(13-12-18(22)5)25-16-23(29)27-21-11-9-8-10-20(21)24(30)26-15-17(3)4/h8-14,17,25H,6-7,15-16H2,1-5H3,(H,26,30)(H,27,29). The molecule has 0 saturated carbocycles. The molecule has 0 aliphatic carbocycles. The molecule has 180 valence electrons. The number of hydrogen-bond acceptors (Lipinski definition) is 5. The third-order valence-corrected chi connectivity index (χ3v) is 7.27. The fourth-order valence-electron chi connectivity index (χ4n) is 3.25. The molecule has 8 nitrogen and oxygen atoms in total. The average molecular weight is 475 g/mol. The molecule has 0 saturated heterocycles. The van der Waals surface area contributed by atoms with Crippen molar-refractivity contribution in [3.63, 3.8) is 0 Å². The van der Waals surface area contributed by atoms with Crippen molar-refractivity contribution < 1.29 is 18.0 Å². The summed E-state index contributed by atoms with van der Waals surface area (Å²) in [5.74, 6) is -0.296. The third kappa shape index (κ3) is 7.03. The lowest BCUT2D eigenvalue weighted by Crippen LogP contribution is -2.31. The molecule has 0 unspecified atom stereocenters. The molecule has 3 N–H and O–H groups in total. The number of carbonyl (C=O) groups is 2. The molecule has 0 aliphatic heterocycles. The predicted octanol–water partition coefficient (Wildman–Crippen LogP) is 3.46. The van der Waals surface area contributed by atoms with Crippen LogP contribution in [0.4, 0.5) is 11.4 Å². The maximum atomic E-state index is 12.9. The number of carbonyl (C=O) groups excluding carboxylic acids is 2. The summed E-state index contributed by atoms with van der Waals surface area (Å²) in [5.41, 5.74) is 1.95. The molecule has 0 heterocycles. The van der Waals surface area contributed by atoms with Crippen molar-refractivity contribution in [1.29, 1.82) is 0 Å². The molecule has 0 bridgehead atoms. The molecule has 2 aromatic carbocycles. The quantitative estimate of drug-likeness (QED) is 0.462. The number of rotatable bonds is 11. The van der Waals surface area contributed by atoms with Crippen molar-refractivity contribution in [2.24, 2.45) is 5.92 Å². The van der Waals surface area contributed by atoms with Crippen LogP contribution < -0.4 is 16.0 Å². The number of benzene rings is 2. The first-order valence-electron chi connectivity index (χ1n) is 11.1. The summed E-state index contributed by atoms with van der Waals surface area (Å²) in [7, 11) is -3.62. The minimum Gasteiger partial charge on any atom is -0.376 e. The number of nitrogens with one attached hydrogen (secondary N) is 3. The Morgan fingerprint density at radius 3 is 2.33 bits per heavy atom. The monoisotopic (exact) mass is 474 g/mol. The van der Waals surface area contributed by atoms with Gasteiger partial charge in [0.2, 0.25) is 15.9 Å². The molecule has 2 rings (SSSR count). The molecular formula is C24H34N4O4S. The summed E-state index contributed by atoms with van der Waals surface area (Å²) in [4.78, 5) is 25.2. The topological polar surface area (TPSA) is 108 Å². The zero-order valence-corrected chi connectivity index (χ0v) is 20.8. The Bertz CT molecular complexity index is 1080. The van der Waals surface area contributed by atoms with Gasteiger partial charge in [0, 0.05) is 25.3 Å². The van der Waals surface area contributed by atoms with Crippen LogP contribution in [0.3, 0.4) is 0 Å². The molecule has 9 heteroatoms. The molecule has 0 spiro atoms. The second kappa shape index (κ2) is 11.8. The number of amides is 2. The van der Waals surface area contributed by atoms with E-state index >= 15 is 0 Å². The third-order valence-electron chi connectivity index (χ3n) is 5.08. The van der Waals surface area contributed by atoms with Gasteiger partial charge in [-0.1, -0.05) is 45.9 Å². The van der Waals surface area contributed by atoms with Gasteiger partial charge in [-0.15, -0.1) is 0 Å². The van der Waals surface area contributed by atoms with Crippen molar-refractivity contribution in [2.45, 2.75) is 39.5 Å². The normalized spacial score (nSPS) is 11.5. The highest BCUT2D eigenvalue weighted by atomic mass is 32.2. The second-order valence-corrected chi connectivity index (χ2v) is 10.0. The van der Waals surface area contributed by atoms with E-state index < -0.39 is 10.0 Å². The maximum absolute atomic E-state index is 12.9. The van der Waals surface area contributed by atoms with Crippen LogP contribution in [0, 0.1) is 12.8 Å². The number of sulfonamides is 1. The Kier molecular flexibility index (Phi) is 9.43. The van der Waals surface area contributed by atoms with Gasteiger partial charge in [0.25, 0.3) is 5.91 Å². The Hall–Kier alpha value is -2.91. The molecule has 0 atom stereocenters. The maximum Gasteiger partial charge on any atom is 0.253 e. The molecular weight excluding hydrogens is 440 g/mol. The van der Waals surface area contributed by atoms with E-state index in [0.29, 0.717) is 48.1 Å². The van der Waals surface area contributed by atoms with E-state index in [2.05, 4.69) is 16.0 Å². The van der Waals surface area contributed by atoms with Crippen molar-refractivity contribution in [3.05, 3.63) is 53.6 Å². The predicted molar refractivity (Wildman–Crippen MR) is 132 cm³/mol. The average Bonchev–Trinajstić information content (AvgIpc) is 2.77. The number of para-hydroxylation sites is 1. The van der Waals surface area contributed by atoms with Gasteiger partial charge >= 0.3 is 0 Å². The van der Waals surface area contributed by atoms with E-state index in [1.807, 2.05) is 13.8 Å². The molecule has 0 aromatic heterocycles. The minimum atomic E-state index is -3.62. The lowest BCUT2D eigenvalue weighted by Gasteiger charge is -2.20. The highest BCUT2D eigenvalue weighted by molar-refractivity contribution is 7.89. The van der Waals surface area contributed by atoms with Gasteiger partial charge in [0.05, 0.1) is 22.7 Å². The Balaban J connectivity index is 2.10. The van der Waals surface area contributed by atoms with E-state index in [4.69, 9.17) is 0 Å². The summed E-state index contributed by atoms with van der Waals surface area (Å²) in [6.45, 7) is 10.5. The van der Waals surface area contributed by atoms with Crippen LogP contribution in [-0.4, -0.2) is 50.7 Å². The minimum absolute atomic E-state index is 0.0875. The molecule has 0 aliphatic rings. The van der Waals surface area contributed by atoms with Crippen LogP contribution in [0.15, 0.2) is 47.4 Å². The van der Waals surface area contributed by atoms with E-state index in [1.165, 1.54) is 4.31 Å². The lowest BCUT2D eigenvalue weighted by atomic mass is 10.1. The van der Waals surface area contributed by atoms with Crippen molar-refractivity contribution in [1.82, 2.24) is 9.62 Å². The largest absolute Gasteiger partial charge is 0.376 e. The molecule has 2 amide bonds. The van der Waals surface area contributed by atoms with Crippen LogP contribution in [0.2, 0.25) is 0 Å². The van der Waals surface area contributed by atoms with Gasteiger partial charge in [0.15, 0.2) is 0 Å². The molecule has 0 radical (unpaired) electrons. The molecule has 33 heavy (non-hydrogen) atoms. The van der Waals surface area contributed by atoms with Crippen LogP contribution in [0.25, 0.3) is 0 Å². The van der Waals surface area contributed by atoms with Crippen molar-refractivity contribution in [3.8, 4) is 0 Å². The van der Waals surface area contributed by atoms with Gasteiger partial charge in [-0.25, -0.2) is 8.42 Å². The Morgan fingerprint density at radius 1 is 1.03 bits per heavy atom. The van der Waals surface area contributed by atoms with E-state index in [0.717, 1.165) is 0 Å². The zero-order chi connectivity index (χ0) is 24.6. The first kappa shape index (κ1) is 26.3. The lowest BCUT2D eigenvalue weighted by molar-refractivity contribution is -0.114. The van der Waals surface area contributed by atoms with Crippen LogP contribution in [0.1, 0.15) is 43.6 Å². The second-order valence-electron chi connectivity index (χ2n) is 8.12. The van der Waals surface area contributed by atoms with Crippen molar-refractivity contribution >= 4 is 33.2 Å². The first-order chi connectivity index (χ1) is 15.6. The highest BCUT2D eigenvalue weighted by Crippen LogP contribution is 2.23. The summed E-state index contributed by atoms with van der Waals surface area (Å²) >= 11 is 0. The van der Waals surface area contributed by atoms with E-state index in [-0.39, 0.29) is 23.3 Å². The first-order valence-corrected chi connectivity index (χ1v) is 12.6. The van der Waals surface area contributed by atoms with Gasteiger partial charge in [0.1, 0.15) is 0 Å². The summed E-state index contributed by atoms with van der Waals surface area (Å²) in [6, 6.07) is 11.8. The van der Waals surface area contributed by atoms with E-state index in [1.54, 1.807) is 63.2 Å². The van der Waals surface area contributed by atoms with Crippen LogP contribution in [-0.2, 0) is 14.8 Å². The summed E-state index contributed by atoms with van der Waals surface area (Å²) in [6.07, 6.45) is 0. The highest BCUT2D eigenvalue weighted by Gasteiger charge is 2.24. The fourth-order valence-corrected chi connectivity index (χ4v) is 4.96. The zero-order valence-electron chi connectivity index (χ0n) is 19.9. The number of hydrogen-bond donors (Lipinski definition) is 3. The van der Waals surface area contributed by atoms with Crippen LogP contribution in [0.5, 0.6) is 0 Å². The smallest absolute Gasteiger partial charge is 0.253 e. The Morgan fingerprint density at radius 2 is 1.70 bits per heavy atom.